The van der Waals surface area contributed by atoms with Gasteiger partial charge in [-0.05, 0) is 12.2 Å². The van der Waals surface area contributed by atoms with E-state index in [9.17, 15) is 0 Å². The van der Waals surface area contributed by atoms with Gasteiger partial charge in [0.25, 0.3) is 0 Å². The highest BCUT2D eigenvalue weighted by Crippen LogP contribution is 2.05. The molecule has 3 N–H and O–H groups in total. The summed E-state index contributed by atoms with van der Waals surface area (Å²) in [6.07, 6.45) is 0.821. The van der Waals surface area contributed by atoms with Crippen molar-refractivity contribution in [3.63, 3.8) is 0 Å². The Morgan fingerprint density at radius 1 is 1.64 bits per heavy atom. The number of aromatic nitrogens is 4. The van der Waals surface area contributed by atoms with Crippen LogP contribution in [0.5, 0.6) is 0 Å². The van der Waals surface area contributed by atoms with E-state index in [4.69, 9.17) is 18.0 Å². The SMILES string of the molecule is Nc1n[nH]c(=S)n1CCc1cscn1. The number of nitrogens with one attached hydrogen (secondary N) is 1. The number of aryl methyl sites for hydroxylation is 1. The van der Waals surface area contributed by atoms with Crippen molar-refractivity contribution < 1.29 is 0 Å². The van der Waals surface area contributed by atoms with E-state index in [0.717, 1.165) is 12.1 Å². The molecule has 0 aromatic carbocycles. The number of aromatic amines is 1. The van der Waals surface area contributed by atoms with Gasteiger partial charge in [-0.25, -0.2) is 10.1 Å². The van der Waals surface area contributed by atoms with Crippen molar-refractivity contribution in [1.82, 2.24) is 19.7 Å². The Labute approximate surface area is 89.6 Å². The first-order chi connectivity index (χ1) is 6.77. The number of H-pyrrole nitrogens is 1. The highest BCUT2D eigenvalue weighted by Gasteiger charge is 2.02. The van der Waals surface area contributed by atoms with Gasteiger partial charge < -0.3 is 5.73 Å². The van der Waals surface area contributed by atoms with Gasteiger partial charge in [-0.1, -0.05) is 0 Å². The lowest BCUT2D eigenvalue weighted by Crippen LogP contribution is -2.05. The molecule has 2 aromatic heterocycles. The lowest BCUT2D eigenvalue weighted by Gasteiger charge is -2.00. The number of hydrogen-bond acceptors (Lipinski definition) is 5. The second kappa shape index (κ2) is 3.89. The normalized spacial score (nSPS) is 10.6. The molecule has 0 spiro atoms. The van der Waals surface area contributed by atoms with E-state index < -0.39 is 0 Å². The molecule has 0 atom stereocenters. The number of hydrogen-bond donors (Lipinski definition) is 2. The zero-order chi connectivity index (χ0) is 9.97. The van der Waals surface area contributed by atoms with Crippen molar-refractivity contribution in [2.24, 2.45) is 0 Å². The number of thiazole rings is 1. The standard InChI is InChI=1S/C7H9N5S2/c8-6-10-11-7(13)12(6)2-1-5-3-14-4-9-5/h3-4H,1-2H2,(H2,8,10)(H,11,13). The molecule has 5 nitrogen and oxygen atoms in total. The molecule has 0 saturated heterocycles. The first-order valence-electron chi connectivity index (χ1n) is 4.05. The van der Waals surface area contributed by atoms with Crippen LogP contribution in [0.1, 0.15) is 5.69 Å². The van der Waals surface area contributed by atoms with Crippen LogP contribution in [-0.2, 0) is 13.0 Å². The summed E-state index contributed by atoms with van der Waals surface area (Å²) in [6, 6.07) is 0. The third-order valence-electron chi connectivity index (χ3n) is 1.86. The molecule has 2 rings (SSSR count). The van der Waals surface area contributed by atoms with E-state index in [-0.39, 0.29) is 0 Å². The average Bonchev–Trinajstić information content (AvgIpc) is 2.76. The van der Waals surface area contributed by atoms with Gasteiger partial charge in [0.05, 0.1) is 11.2 Å². The molecule has 0 aliphatic heterocycles. The topological polar surface area (TPSA) is 72.5 Å². The van der Waals surface area contributed by atoms with Crippen molar-refractivity contribution >= 4 is 29.5 Å². The van der Waals surface area contributed by atoms with Crippen molar-refractivity contribution in [3.8, 4) is 0 Å². The molecule has 0 bridgehead atoms. The van der Waals surface area contributed by atoms with E-state index in [0.29, 0.717) is 17.3 Å². The van der Waals surface area contributed by atoms with Gasteiger partial charge in [-0.15, -0.1) is 16.4 Å². The van der Waals surface area contributed by atoms with E-state index in [2.05, 4.69) is 15.2 Å². The minimum Gasteiger partial charge on any atom is -0.368 e. The van der Waals surface area contributed by atoms with Crippen LogP contribution < -0.4 is 5.73 Å². The zero-order valence-electron chi connectivity index (χ0n) is 7.30. The molecule has 0 radical (unpaired) electrons. The largest absolute Gasteiger partial charge is 0.368 e. The Bertz CT molecular complexity index is 455. The van der Waals surface area contributed by atoms with Crippen LogP contribution in [0, 0.1) is 4.77 Å². The summed E-state index contributed by atoms with van der Waals surface area (Å²) in [5, 5.41) is 8.48. The molecule has 2 heterocycles. The van der Waals surface area contributed by atoms with Gasteiger partial charge in [0.2, 0.25) is 5.95 Å². The Morgan fingerprint density at radius 2 is 2.50 bits per heavy atom. The molecule has 14 heavy (non-hydrogen) atoms. The molecular weight excluding hydrogens is 218 g/mol. The van der Waals surface area contributed by atoms with Gasteiger partial charge in [0.15, 0.2) is 4.77 Å². The summed E-state index contributed by atoms with van der Waals surface area (Å²) in [5.74, 6) is 0.422. The van der Waals surface area contributed by atoms with Crippen LogP contribution in [0.3, 0.4) is 0 Å². The molecule has 0 fully saturated rings. The second-order valence-electron chi connectivity index (χ2n) is 2.77. The molecule has 0 aliphatic rings. The Kier molecular flexibility index (Phi) is 2.60. The first kappa shape index (κ1) is 9.35. The summed E-state index contributed by atoms with van der Waals surface area (Å²) >= 11 is 6.60. The van der Waals surface area contributed by atoms with E-state index in [1.165, 1.54) is 0 Å². The van der Waals surface area contributed by atoms with Crippen molar-refractivity contribution in [3.05, 3.63) is 21.4 Å². The minimum absolute atomic E-state index is 0.422. The number of anilines is 1. The zero-order valence-corrected chi connectivity index (χ0v) is 8.94. The van der Waals surface area contributed by atoms with Crippen LogP contribution >= 0.6 is 23.6 Å². The third kappa shape index (κ3) is 1.83. The van der Waals surface area contributed by atoms with E-state index >= 15 is 0 Å². The molecule has 0 aliphatic carbocycles. The van der Waals surface area contributed by atoms with Gasteiger partial charge in [-0.2, -0.15) is 0 Å². The van der Waals surface area contributed by atoms with Crippen LogP contribution in [-0.4, -0.2) is 19.7 Å². The predicted octanol–water partition coefficient (Wildman–Crippen LogP) is 1.22. The smallest absolute Gasteiger partial charge is 0.220 e. The lowest BCUT2D eigenvalue weighted by molar-refractivity contribution is 0.686. The fraction of sp³-hybridized carbons (Fsp3) is 0.286. The maximum atomic E-state index is 5.62. The fourth-order valence-electron chi connectivity index (χ4n) is 1.13. The molecular formula is C7H9N5S2. The number of nitrogens with zero attached hydrogens (tertiary/aromatic N) is 3. The van der Waals surface area contributed by atoms with Gasteiger partial charge in [0.1, 0.15) is 0 Å². The van der Waals surface area contributed by atoms with Gasteiger partial charge in [0, 0.05) is 18.3 Å². The maximum absolute atomic E-state index is 5.62. The lowest BCUT2D eigenvalue weighted by atomic mass is 10.3. The molecule has 0 saturated carbocycles. The Morgan fingerprint density at radius 3 is 3.07 bits per heavy atom. The van der Waals surface area contributed by atoms with Crippen molar-refractivity contribution in [2.75, 3.05) is 5.73 Å². The highest BCUT2D eigenvalue weighted by molar-refractivity contribution is 7.71. The molecule has 0 amide bonds. The average molecular weight is 227 g/mol. The highest BCUT2D eigenvalue weighted by atomic mass is 32.1. The second-order valence-corrected chi connectivity index (χ2v) is 3.87. The monoisotopic (exact) mass is 227 g/mol. The molecule has 7 heteroatoms. The Balaban J connectivity index is 2.09. The maximum Gasteiger partial charge on any atom is 0.220 e. The van der Waals surface area contributed by atoms with Gasteiger partial charge in [-0.3, -0.25) is 4.57 Å². The molecule has 2 aromatic rings. The number of nitrogens with two attached hydrogens (primary N) is 1. The number of rotatable bonds is 3. The van der Waals surface area contributed by atoms with E-state index in [1.54, 1.807) is 15.9 Å². The van der Waals surface area contributed by atoms with E-state index in [1.807, 2.05) is 10.9 Å². The minimum atomic E-state index is 0.422. The first-order valence-corrected chi connectivity index (χ1v) is 5.40. The fourth-order valence-corrected chi connectivity index (χ4v) is 1.96. The van der Waals surface area contributed by atoms with Crippen molar-refractivity contribution in [1.29, 1.82) is 0 Å². The molecule has 0 unspecified atom stereocenters. The van der Waals surface area contributed by atoms with Crippen LogP contribution in [0.4, 0.5) is 5.95 Å². The summed E-state index contributed by atoms with van der Waals surface area (Å²) in [5.41, 5.74) is 8.48. The summed E-state index contributed by atoms with van der Waals surface area (Å²) in [6.45, 7) is 0.713. The van der Waals surface area contributed by atoms with Crippen LogP contribution in [0.15, 0.2) is 10.9 Å². The van der Waals surface area contributed by atoms with Crippen molar-refractivity contribution in [2.45, 2.75) is 13.0 Å². The van der Waals surface area contributed by atoms with Crippen LogP contribution in [0.2, 0.25) is 0 Å². The Hall–Kier alpha value is -1.21. The van der Waals surface area contributed by atoms with Gasteiger partial charge >= 0.3 is 0 Å². The summed E-state index contributed by atoms with van der Waals surface area (Å²) in [7, 11) is 0. The predicted molar refractivity (Wildman–Crippen MR) is 57.6 cm³/mol. The summed E-state index contributed by atoms with van der Waals surface area (Å²) < 4.78 is 2.31. The molecule has 74 valence electrons. The summed E-state index contributed by atoms with van der Waals surface area (Å²) in [4.78, 5) is 4.17. The third-order valence-corrected chi connectivity index (χ3v) is 2.81. The van der Waals surface area contributed by atoms with Crippen LogP contribution in [0.25, 0.3) is 0 Å². The number of nitrogen functional groups attached to an aromatic ring is 1. The quantitative estimate of drug-likeness (QED) is 0.773.